The molecule has 0 radical (unpaired) electrons. The summed E-state index contributed by atoms with van der Waals surface area (Å²) in [5, 5.41) is 0. The average molecular weight is 199 g/mol. The van der Waals surface area contributed by atoms with Crippen LogP contribution in [0.25, 0.3) is 0 Å². The average Bonchev–Trinajstić information content (AvgIpc) is 2.53. The van der Waals surface area contributed by atoms with Crippen molar-refractivity contribution in [3.63, 3.8) is 0 Å². The van der Waals surface area contributed by atoms with Crippen molar-refractivity contribution in [1.82, 2.24) is 5.43 Å². The van der Waals surface area contributed by atoms with Gasteiger partial charge in [0.25, 0.3) is 0 Å². The molecule has 0 saturated carbocycles. The van der Waals surface area contributed by atoms with E-state index in [9.17, 15) is 0 Å². The van der Waals surface area contributed by atoms with Gasteiger partial charge in [0.05, 0.1) is 11.6 Å². The van der Waals surface area contributed by atoms with Crippen molar-refractivity contribution >= 4 is 5.84 Å². The summed E-state index contributed by atoms with van der Waals surface area (Å²) in [6.45, 7) is 7.04. The van der Waals surface area contributed by atoms with Crippen molar-refractivity contribution in [2.75, 3.05) is 6.61 Å². The molecule has 1 saturated heterocycles. The third-order valence-electron chi connectivity index (χ3n) is 2.08. The first-order valence-corrected chi connectivity index (χ1v) is 5.18. The summed E-state index contributed by atoms with van der Waals surface area (Å²) in [5.74, 6) is 6.26. The summed E-state index contributed by atoms with van der Waals surface area (Å²) in [6, 6.07) is 0. The van der Waals surface area contributed by atoms with E-state index in [1.165, 1.54) is 0 Å². The molecule has 1 fully saturated rings. The molecule has 1 atom stereocenters. The first-order valence-electron chi connectivity index (χ1n) is 5.18. The molecule has 0 aromatic rings. The molecule has 1 unspecified atom stereocenters. The van der Waals surface area contributed by atoms with Crippen molar-refractivity contribution in [2.45, 2.75) is 51.7 Å². The second kappa shape index (κ2) is 4.75. The fourth-order valence-corrected chi connectivity index (χ4v) is 1.56. The van der Waals surface area contributed by atoms with Gasteiger partial charge in [-0.3, -0.25) is 4.99 Å². The van der Waals surface area contributed by atoms with Crippen molar-refractivity contribution in [3.8, 4) is 0 Å². The number of rotatable bonds is 2. The van der Waals surface area contributed by atoms with Crippen LogP contribution >= 0.6 is 0 Å². The van der Waals surface area contributed by atoms with Crippen LogP contribution in [-0.4, -0.2) is 24.1 Å². The lowest BCUT2D eigenvalue weighted by molar-refractivity contribution is 0.116. The largest absolute Gasteiger partial charge is 0.378 e. The number of amidine groups is 1. The molecule has 0 aromatic heterocycles. The third kappa shape index (κ3) is 4.07. The predicted molar refractivity (Wildman–Crippen MR) is 58.1 cm³/mol. The fourth-order valence-electron chi connectivity index (χ4n) is 1.56. The smallest absolute Gasteiger partial charge is 0.113 e. The Morgan fingerprint density at radius 3 is 2.71 bits per heavy atom. The van der Waals surface area contributed by atoms with Crippen LogP contribution in [0.1, 0.15) is 40.0 Å². The first-order chi connectivity index (χ1) is 6.51. The number of hydrazine groups is 1. The summed E-state index contributed by atoms with van der Waals surface area (Å²) >= 11 is 0. The number of nitrogens with one attached hydrogen (secondary N) is 1. The van der Waals surface area contributed by atoms with Crippen LogP contribution in [-0.2, 0) is 4.74 Å². The van der Waals surface area contributed by atoms with Gasteiger partial charge in [0.15, 0.2) is 0 Å². The third-order valence-corrected chi connectivity index (χ3v) is 2.08. The number of hydrogen-bond acceptors (Lipinski definition) is 3. The Balaban J connectivity index is 2.49. The van der Waals surface area contributed by atoms with E-state index in [1.807, 2.05) is 0 Å². The summed E-state index contributed by atoms with van der Waals surface area (Å²) in [6.07, 6.45) is 3.36. The minimum absolute atomic E-state index is 0.0830. The summed E-state index contributed by atoms with van der Waals surface area (Å²) < 4.78 is 5.52. The van der Waals surface area contributed by atoms with Crippen molar-refractivity contribution in [3.05, 3.63) is 0 Å². The standard InChI is InChI=1S/C10H21N3O/c1-10(2,3)12-9(13-11)7-8-5-4-6-14-8/h8H,4-7,11H2,1-3H3,(H,12,13). The maximum absolute atomic E-state index is 5.52. The molecule has 4 nitrogen and oxygen atoms in total. The zero-order valence-corrected chi connectivity index (χ0v) is 9.34. The van der Waals surface area contributed by atoms with Gasteiger partial charge in [0, 0.05) is 13.0 Å². The molecule has 0 amide bonds. The van der Waals surface area contributed by atoms with E-state index in [1.54, 1.807) is 0 Å². The highest BCUT2D eigenvalue weighted by Crippen LogP contribution is 2.16. The second-order valence-electron chi connectivity index (χ2n) is 4.71. The van der Waals surface area contributed by atoms with Gasteiger partial charge in [-0.05, 0) is 33.6 Å². The number of nitrogens with two attached hydrogens (primary N) is 1. The SMILES string of the molecule is CC(C)(C)N=C(CC1CCCO1)NN. The second-order valence-corrected chi connectivity index (χ2v) is 4.71. The lowest BCUT2D eigenvalue weighted by atomic mass is 10.1. The van der Waals surface area contributed by atoms with Gasteiger partial charge in [0.2, 0.25) is 0 Å². The highest BCUT2D eigenvalue weighted by Gasteiger charge is 2.19. The van der Waals surface area contributed by atoms with Gasteiger partial charge < -0.3 is 10.2 Å². The highest BCUT2D eigenvalue weighted by molar-refractivity contribution is 5.82. The number of hydrogen-bond donors (Lipinski definition) is 2. The quantitative estimate of drug-likeness (QED) is 0.304. The summed E-state index contributed by atoms with van der Waals surface area (Å²) in [7, 11) is 0. The normalized spacial score (nSPS) is 24.0. The molecule has 14 heavy (non-hydrogen) atoms. The molecule has 4 heteroatoms. The first kappa shape index (κ1) is 11.5. The van der Waals surface area contributed by atoms with Crippen LogP contribution in [0, 0.1) is 0 Å². The molecule has 3 N–H and O–H groups in total. The van der Waals surface area contributed by atoms with E-state index in [0.717, 1.165) is 31.7 Å². The van der Waals surface area contributed by atoms with Gasteiger partial charge in [-0.15, -0.1) is 0 Å². The molecular formula is C10H21N3O. The Bertz CT molecular complexity index is 202. The van der Waals surface area contributed by atoms with Gasteiger partial charge in [0.1, 0.15) is 5.84 Å². The van der Waals surface area contributed by atoms with Gasteiger partial charge >= 0.3 is 0 Å². The molecule has 0 aliphatic carbocycles. The lowest BCUT2D eigenvalue weighted by Crippen LogP contribution is -2.35. The van der Waals surface area contributed by atoms with Crippen LogP contribution in [0.3, 0.4) is 0 Å². The number of ether oxygens (including phenoxy) is 1. The minimum atomic E-state index is -0.0830. The molecule has 1 heterocycles. The monoisotopic (exact) mass is 199 g/mol. The van der Waals surface area contributed by atoms with Crippen molar-refractivity contribution < 1.29 is 4.74 Å². The Labute approximate surface area is 85.9 Å². The Morgan fingerprint density at radius 1 is 1.57 bits per heavy atom. The highest BCUT2D eigenvalue weighted by atomic mass is 16.5. The Kier molecular flexibility index (Phi) is 3.89. The fraction of sp³-hybridized carbons (Fsp3) is 0.900. The Hall–Kier alpha value is -0.610. The molecule has 1 aliphatic heterocycles. The van der Waals surface area contributed by atoms with E-state index in [-0.39, 0.29) is 5.54 Å². The minimum Gasteiger partial charge on any atom is -0.378 e. The topological polar surface area (TPSA) is 59.6 Å². The molecule has 1 rings (SSSR count). The van der Waals surface area contributed by atoms with E-state index in [0.29, 0.717) is 6.10 Å². The maximum atomic E-state index is 5.52. The molecule has 82 valence electrons. The zero-order chi connectivity index (χ0) is 10.6. The summed E-state index contributed by atoms with van der Waals surface area (Å²) in [4.78, 5) is 4.49. The maximum Gasteiger partial charge on any atom is 0.113 e. The van der Waals surface area contributed by atoms with E-state index < -0.39 is 0 Å². The van der Waals surface area contributed by atoms with Crippen molar-refractivity contribution in [1.29, 1.82) is 0 Å². The van der Waals surface area contributed by atoms with Gasteiger partial charge in [-0.2, -0.15) is 0 Å². The Morgan fingerprint density at radius 2 is 2.29 bits per heavy atom. The van der Waals surface area contributed by atoms with Gasteiger partial charge in [-0.25, -0.2) is 5.84 Å². The zero-order valence-electron chi connectivity index (χ0n) is 9.34. The van der Waals surface area contributed by atoms with E-state index in [4.69, 9.17) is 10.6 Å². The lowest BCUT2D eigenvalue weighted by Gasteiger charge is -2.17. The number of aliphatic imine (C=N–C) groups is 1. The predicted octanol–water partition coefficient (Wildman–Crippen LogP) is 1.22. The molecular weight excluding hydrogens is 178 g/mol. The molecule has 1 aliphatic rings. The van der Waals surface area contributed by atoms with Crippen LogP contribution in [0.15, 0.2) is 4.99 Å². The van der Waals surface area contributed by atoms with Crippen LogP contribution in [0.5, 0.6) is 0 Å². The van der Waals surface area contributed by atoms with Crippen molar-refractivity contribution in [2.24, 2.45) is 10.8 Å². The van der Waals surface area contributed by atoms with E-state index in [2.05, 4.69) is 31.2 Å². The molecule has 0 spiro atoms. The number of nitrogens with zero attached hydrogens (tertiary/aromatic N) is 1. The summed E-state index contributed by atoms with van der Waals surface area (Å²) in [5.41, 5.74) is 2.57. The molecule has 0 bridgehead atoms. The van der Waals surface area contributed by atoms with E-state index >= 15 is 0 Å². The van der Waals surface area contributed by atoms with Gasteiger partial charge in [-0.1, -0.05) is 0 Å². The molecule has 0 aromatic carbocycles. The van der Waals surface area contributed by atoms with Crippen LogP contribution in [0.2, 0.25) is 0 Å². The van der Waals surface area contributed by atoms with Crippen LogP contribution in [0.4, 0.5) is 0 Å². The van der Waals surface area contributed by atoms with Crippen LogP contribution < -0.4 is 11.3 Å².